The number of hydrogen-bond donors (Lipinski definition) is 0. The first-order chi connectivity index (χ1) is 13.0. The fourth-order valence-corrected chi connectivity index (χ4v) is 3.49. The number of ether oxygens (including phenoxy) is 1. The lowest BCUT2D eigenvalue weighted by atomic mass is 9.95. The number of likely N-dealkylation sites (N-methyl/N-ethyl adjacent to an activating group) is 1. The Balaban J connectivity index is 1.89. The Morgan fingerprint density at radius 2 is 2.00 bits per heavy atom. The van der Waals surface area contributed by atoms with E-state index in [0.29, 0.717) is 6.54 Å². The van der Waals surface area contributed by atoms with Crippen LogP contribution in [0.25, 0.3) is 0 Å². The van der Waals surface area contributed by atoms with E-state index in [1.807, 2.05) is 56.3 Å². The summed E-state index contributed by atoms with van der Waals surface area (Å²) >= 11 is 0. The van der Waals surface area contributed by atoms with Gasteiger partial charge in [0, 0.05) is 32.0 Å². The van der Waals surface area contributed by atoms with Gasteiger partial charge < -0.3 is 14.5 Å². The molecule has 1 aliphatic heterocycles. The Labute approximate surface area is 159 Å². The van der Waals surface area contributed by atoms with Crippen LogP contribution in [0.3, 0.4) is 0 Å². The molecule has 2 aromatic rings. The summed E-state index contributed by atoms with van der Waals surface area (Å²) in [7, 11) is 1.75. The van der Waals surface area contributed by atoms with Crippen molar-refractivity contribution in [2.45, 2.75) is 38.6 Å². The molecule has 0 spiro atoms. The van der Waals surface area contributed by atoms with Crippen LogP contribution in [0.5, 0.6) is 0 Å². The summed E-state index contributed by atoms with van der Waals surface area (Å²) in [4.78, 5) is 33.2. The van der Waals surface area contributed by atoms with Crippen LogP contribution in [0, 0.1) is 0 Å². The number of pyridine rings is 1. The van der Waals surface area contributed by atoms with Crippen LogP contribution in [-0.2, 0) is 20.9 Å². The van der Waals surface area contributed by atoms with Crippen molar-refractivity contribution >= 4 is 11.8 Å². The van der Waals surface area contributed by atoms with Gasteiger partial charge in [-0.25, -0.2) is 0 Å². The Morgan fingerprint density at radius 1 is 1.26 bits per heavy atom. The summed E-state index contributed by atoms with van der Waals surface area (Å²) in [5.41, 5.74) is 1.84. The highest BCUT2D eigenvalue weighted by Crippen LogP contribution is 2.33. The maximum atomic E-state index is 13.2. The second kappa shape index (κ2) is 8.31. The summed E-state index contributed by atoms with van der Waals surface area (Å²) in [6, 6.07) is 12.9. The molecular weight excluding hydrogens is 342 g/mol. The molecule has 0 radical (unpaired) electrons. The number of rotatable bonds is 5. The molecule has 1 aliphatic rings. The van der Waals surface area contributed by atoms with Crippen molar-refractivity contribution in [3.63, 3.8) is 0 Å². The molecule has 0 N–H and O–H groups in total. The molecule has 2 amide bonds. The van der Waals surface area contributed by atoms with E-state index in [9.17, 15) is 9.59 Å². The molecule has 1 saturated heterocycles. The largest absolute Gasteiger partial charge is 0.356 e. The molecule has 2 unspecified atom stereocenters. The number of benzene rings is 1. The van der Waals surface area contributed by atoms with Gasteiger partial charge in [-0.2, -0.15) is 0 Å². The summed E-state index contributed by atoms with van der Waals surface area (Å²) in [6.45, 7) is 4.27. The Hall–Kier alpha value is -2.73. The molecule has 1 aromatic carbocycles. The van der Waals surface area contributed by atoms with E-state index >= 15 is 0 Å². The zero-order chi connectivity index (χ0) is 19.4. The molecule has 0 bridgehead atoms. The van der Waals surface area contributed by atoms with Gasteiger partial charge in [0.25, 0.3) is 5.91 Å². The number of amides is 2. The second-order valence-corrected chi connectivity index (χ2v) is 7.04. The lowest BCUT2D eigenvalue weighted by molar-refractivity contribution is -0.171. The Bertz CT molecular complexity index is 780. The molecule has 3 rings (SSSR count). The molecule has 6 nitrogen and oxygen atoms in total. The third-order valence-corrected chi connectivity index (χ3v) is 4.72. The van der Waals surface area contributed by atoms with Crippen molar-refractivity contribution in [2.75, 3.05) is 13.7 Å². The first kappa shape index (κ1) is 19.0. The highest BCUT2D eigenvalue weighted by atomic mass is 16.5. The highest BCUT2D eigenvalue weighted by Gasteiger charge is 2.43. The molecule has 2 atom stereocenters. The van der Waals surface area contributed by atoms with Gasteiger partial charge >= 0.3 is 0 Å². The summed E-state index contributed by atoms with van der Waals surface area (Å²) in [5.74, 6) is -0.247. The fourth-order valence-electron chi connectivity index (χ4n) is 3.49. The van der Waals surface area contributed by atoms with E-state index in [4.69, 9.17) is 4.74 Å². The molecule has 6 heteroatoms. The van der Waals surface area contributed by atoms with Crippen molar-refractivity contribution in [3.8, 4) is 0 Å². The highest BCUT2D eigenvalue weighted by molar-refractivity contribution is 5.86. The minimum absolute atomic E-state index is 0.0365. The zero-order valence-electron chi connectivity index (χ0n) is 15.9. The van der Waals surface area contributed by atoms with Crippen molar-refractivity contribution in [3.05, 3.63) is 66.0 Å². The molecule has 0 aliphatic carbocycles. The minimum atomic E-state index is -0.742. The van der Waals surface area contributed by atoms with E-state index in [1.165, 1.54) is 0 Å². The van der Waals surface area contributed by atoms with Gasteiger partial charge in [-0.05, 0) is 31.0 Å². The van der Waals surface area contributed by atoms with Crippen LogP contribution in [-0.4, -0.2) is 52.4 Å². The van der Waals surface area contributed by atoms with E-state index in [0.717, 1.165) is 11.1 Å². The predicted octanol–water partition coefficient (Wildman–Crippen LogP) is 2.42. The monoisotopic (exact) mass is 367 g/mol. The standard InChI is InChI=1S/C21H25N3O3/c1-15(2)24-18(25)14-27-20(19(24)17-9-5-4-6-10-17)21(26)23(3)13-16-8-7-11-22-12-16/h4-12,15,19-20H,13-14H2,1-3H3. The summed E-state index contributed by atoms with van der Waals surface area (Å²) in [5, 5.41) is 0. The maximum Gasteiger partial charge on any atom is 0.254 e. The average Bonchev–Trinajstić information content (AvgIpc) is 2.68. The lowest BCUT2D eigenvalue weighted by Gasteiger charge is -2.43. The van der Waals surface area contributed by atoms with Crippen molar-refractivity contribution in [1.82, 2.24) is 14.8 Å². The van der Waals surface area contributed by atoms with E-state index in [2.05, 4.69) is 4.98 Å². The molecule has 0 saturated carbocycles. The van der Waals surface area contributed by atoms with E-state index in [1.54, 1.807) is 29.2 Å². The van der Waals surface area contributed by atoms with Gasteiger partial charge in [-0.3, -0.25) is 14.6 Å². The first-order valence-electron chi connectivity index (χ1n) is 9.10. The predicted molar refractivity (Wildman–Crippen MR) is 102 cm³/mol. The molecule has 1 fully saturated rings. The van der Waals surface area contributed by atoms with Crippen LogP contribution in [0.1, 0.15) is 31.0 Å². The molecule has 1 aromatic heterocycles. The van der Waals surface area contributed by atoms with Crippen LogP contribution in [0.15, 0.2) is 54.9 Å². The van der Waals surface area contributed by atoms with Gasteiger partial charge in [-0.15, -0.1) is 0 Å². The smallest absolute Gasteiger partial charge is 0.254 e. The molecule has 142 valence electrons. The number of morpholine rings is 1. The van der Waals surface area contributed by atoms with Crippen LogP contribution in [0.4, 0.5) is 0 Å². The normalized spacial score (nSPS) is 20.0. The fraction of sp³-hybridized carbons (Fsp3) is 0.381. The van der Waals surface area contributed by atoms with Crippen molar-refractivity contribution < 1.29 is 14.3 Å². The van der Waals surface area contributed by atoms with Gasteiger partial charge in [-0.1, -0.05) is 36.4 Å². The third-order valence-electron chi connectivity index (χ3n) is 4.72. The topological polar surface area (TPSA) is 62.7 Å². The minimum Gasteiger partial charge on any atom is -0.356 e. The van der Waals surface area contributed by atoms with Gasteiger partial charge in [0.2, 0.25) is 5.91 Å². The first-order valence-corrected chi connectivity index (χ1v) is 9.10. The van der Waals surface area contributed by atoms with Crippen LogP contribution >= 0.6 is 0 Å². The lowest BCUT2D eigenvalue weighted by Crippen LogP contribution is -2.56. The molecule has 27 heavy (non-hydrogen) atoms. The van der Waals surface area contributed by atoms with E-state index < -0.39 is 12.1 Å². The number of carbonyl (C=O) groups is 2. The third kappa shape index (κ3) is 4.17. The number of carbonyl (C=O) groups excluding carboxylic acids is 2. The Kier molecular flexibility index (Phi) is 5.86. The van der Waals surface area contributed by atoms with Crippen molar-refractivity contribution in [2.24, 2.45) is 0 Å². The SMILES string of the molecule is CC(C)N1C(=O)COC(C(=O)N(C)Cc2cccnc2)C1c1ccccc1. The van der Waals surface area contributed by atoms with Gasteiger partial charge in [0.1, 0.15) is 6.61 Å². The van der Waals surface area contributed by atoms with Crippen LogP contribution in [0.2, 0.25) is 0 Å². The van der Waals surface area contributed by atoms with E-state index in [-0.39, 0.29) is 24.5 Å². The molecular formula is C21H25N3O3. The van der Waals surface area contributed by atoms with Gasteiger partial charge in [0.05, 0.1) is 6.04 Å². The second-order valence-electron chi connectivity index (χ2n) is 7.04. The Morgan fingerprint density at radius 3 is 2.63 bits per heavy atom. The van der Waals surface area contributed by atoms with Crippen molar-refractivity contribution in [1.29, 1.82) is 0 Å². The summed E-state index contributed by atoms with van der Waals surface area (Å²) in [6.07, 6.45) is 2.70. The number of aromatic nitrogens is 1. The zero-order valence-corrected chi connectivity index (χ0v) is 15.9. The maximum absolute atomic E-state index is 13.2. The van der Waals surface area contributed by atoms with Gasteiger partial charge in [0.15, 0.2) is 6.10 Å². The number of hydrogen-bond acceptors (Lipinski definition) is 4. The molecule has 2 heterocycles. The quantitative estimate of drug-likeness (QED) is 0.814. The summed E-state index contributed by atoms with van der Waals surface area (Å²) < 4.78 is 5.76. The average molecular weight is 367 g/mol. The van der Waals surface area contributed by atoms with Crippen LogP contribution < -0.4 is 0 Å². The number of nitrogens with zero attached hydrogens (tertiary/aromatic N) is 3.